The molecular weight excluding hydrogens is 691 g/mol. The fourth-order valence-electron chi connectivity index (χ4n) is 5.92. The third-order valence-electron chi connectivity index (χ3n) is 8.95. The second-order valence-corrected chi connectivity index (χ2v) is 18.7. The molecule has 0 fully saturated rings. The summed E-state index contributed by atoms with van der Waals surface area (Å²) in [6.45, 7) is 10.2. The first-order valence-electron chi connectivity index (χ1n) is 17.8. The second-order valence-electron chi connectivity index (χ2n) is 14.4. The van der Waals surface area contributed by atoms with Crippen molar-refractivity contribution < 1.29 is 28.4 Å². The number of urea groups is 1. The number of anilines is 1. The lowest BCUT2D eigenvalue weighted by atomic mass is 10.0. The van der Waals surface area contributed by atoms with Crippen molar-refractivity contribution in [3.05, 3.63) is 90.5 Å². The first-order valence-corrected chi connectivity index (χ1v) is 19.7. The minimum Gasteiger partial charge on any atom is -0.403 e. The predicted octanol–water partition coefficient (Wildman–Crippen LogP) is 2.19. The molecule has 53 heavy (non-hydrogen) atoms. The second kappa shape index (κ2) is 19.7. The van der Waals surface area contributed by atoms with Crippen LogP contribution in [0.2, 0.25) is 5.04 Å². The molecule has 6 amide bonds. The SMILES string of the molecule is CC(C)[C@H](N)C(=O)N[C@@H](CCCNC(N)=O)C(=O)NCC(=O)N(C)CC(=O)Nc1ccc(CO[Si](c2ccccc2)(c2ccccc2)C(C)(C)C)cc1. The van der Waals surface area contributed by atoms with Gasteiger partial charge in [0, 0.05) is 19.3 Å². The van der Waals surface area contributed by atoms with Gasteiger partial charge < -0.3 is 42.1 Å². The summed E-state index contributed by atoms with van der Waals surface area (Å²) in [4.78, 5) is 63.4. The number of likely N-dealkylation sites (N-methyl/N-ethyl adjacent to an activating group) is 1. The Labute approximate surface area is 313 Å². The summed E-state index contributed by atoms with van der Waals surface area (Å²) in [6, 6.07) is 25.7. The summed E-state index contributed by atoms with van der Waals surface area (Å²) in [5, 5.41) is 12.6. The van der Waals surface area contributed by atoms with Crippen LogP contribution in [0.5, 0.6) is 0 Å². The molecule has 2 atom stereocenters. The van der Waals surface area contributed by atoms with Gasteiger partial charge in [0.05, 0.1) is 25.7 Å². The minimum atomic E-state index is -2.72. The molecule has 0 heterocycles. The fourth-order valence-corrected chi connectivity index (χ4v) is 10.5. The Morgan fingerprint density at radius 1 is 0.830 bits per heavy atom. The molecule has 3 aromatic rings. The van der Waals surface area contributed by atoms with Gasteiger partial charge in [0.2, 0.25) is 23.6 Å². The Hall–Kier alpha value is -5.05. The van der Waals surface area contributed by atoms with Gasteiger partial charge in [-0.1, -0.05) is 107 Å². The highest BCUT2D eigenvalue weighted by Gasteiger charge is 2.50. The van der Waals surface area contributed by atoms with Crippen molar-refractivity contribution >= 4 is 54.0 Å². The van der Waals surface area contributed by atoms with Gasteiger partial charge >= 0.3 is 6.03 Å². The van der Waals surface area contributed by atoms with Crippen LogP contribution in [0.15, 0.2) is 84.9 Å². The standard InChI is InChI=1S/C39H55N7O6Si/c1-27(2)35(40)37(50)45-32(18-13-23-42-38(41)51)36(49)43-24-34(48)46(6)25-33(47)44-29-21-19-28(20-22-29)26-52-53(39(3,4)5,30-14-9-7-10-15-30)31-16-11-8-12-17-31/h7-12,14-17,19-22,27,32,35H,13,18,23-26,40H2,1-6H3,(H,43,49)(H,44,47)(H,45,50)(H3,41,42,51)/t32-,35-/m0/s1. The number of nitrogens with zero attached hydrogens (tertiary/aromatic N) is 1. The lowest BCUT2D eigenvalue weighted by molar-refractivity contribution is -0.135. The van der Waals surface area contributed by atoms with Crippen molar-refractivity contribution in [2.24, 2.45) is 17.4 Å². The molecule has 0 unspecified atom stereocenters. The number of carbonyl (C=O) groups is 5. The van der Waals surface area contributed by atoms with Crippen LogP contribution in [0.4, 0.5) is 10.5 Å². The van der Waals surface area contributed by atoms with Gasteiger partial charge in [0.1, 0.15) is 6.04 Å². The number of rotatable bonds is 18. The summed E-state index contributed by atoms with van der Waals surface area (Å²) in [5.41, 5.74) is 12.5. The van der Waals surface area contributed by atoms with Crippen LogP contribution >= 0.6 is 0 Å². The van der Waals surface area contributed by atoms with Crippen molar-refractivity contribution in [2.45, 2.75) is 71.2 Å². The highest BCUT2D eigenvalue weighted by atomic mass is 28.4. The maximum atomic E-state index is 13.0. The van der Waals surface area contributed by atoms with E-state index in [1.807, 2.05) is 48.5 Å². The fraction of sp³-hybridized carbons (Fsp3) is 0.410. The van der Waals surface area contributed by atoms with Crippen LogP contribution in [0.3, 0.4) is 0 Å². The van der Waals surface area contributed by atoms with Gasteiger partial charge in [-0.05, 0) is 51.9 Å². The van der Waals surface area contributed by atoms with Crippen molar-refractivity contribution in [1.82, 2.24) is 20.9 Å². The smallest absolute Gasteiger partial charge is 0.312 e. The Morgan fingerprint density at radius 3 is 1.91 bits per heavy atom. The molecule has 14 heteroatoms. The molecule has 0 saturated carbocycles. The molecule has 3 aromatic carbocycles. The molecular formula is C39H55N7O6Si. The van der Waals surface area contributed by atoms with E-state index in [-0.39, 0.29) is 30.5 Å². The lowest BCUT2D eigenvalue weighted by Gasteiger charge is -2.43. The number of nitrogens with two attached hydrogens (primary N) is 2. The Balaban J connectivity index is 1.57. The normalized spacial score (nSPS) is 12.7. The maximum Gasteiger partial charge on any atom is 0.312 e. The number of primary amides is 1. The number of hydrogen-bond acceptors (Lipinski definition) is 7. The number of benzene rings is 3. The molecule has 0 aromatic heterocycles. The van der Waals surface area contributed by atoms with Gasteiger partial charge in [-0.15, -0.1) is 0 Å². The van der Waals surface area contributed by atoms with E-state index < -0.39 is 56.6 Å². The zero-order valence-electron chi connectivity index (χ0n) is 31.6. The predicted molar refractivity (Wildman–Crippen MR) is 210 cm³/mol. The van der Waals surface area contributed by atoms with Gasteiger partial charge in [-0.3, -0.25) is 19.2 Å². The first kappa shape index (κ1) is 42.4. The molecule has 0 saturated heterocycles. The van der Waals surface area contributed by atoms with E-state index in [1.54, 1.807) is 26.0 Å². The van der Waals surface area contributed by atoms with Crippen LogP contribution in [0.1, 0.15) is 53.0 Å². The maximum absolute atomic E-state index is 13.0. The zero-order chi connectivity index (χ0) is 39.2. The van der Waals surface area contributed by atoms with Gasteiger partial charge in [-0.25, -0.2) is 4.79 Å². The average molecular weight is 746 g/mol. The van der Waals surface area contributed by atoms with E-state index in [1.165, 1.54) is 22.3 Å². The van der Waals surface area contributed by atoms with Crippen molar-refractivity contribution in [3.63, 3.8) is 0 Å². The summed E-state index contributed by atoms with van der Waals surface area (Å²) in [5.74, 6) is -2.20. The Bertz CT molecular complexity index is 1630. The molecule has 13 nitrogen and oxygen atoms in total. The summed E-state index contributed by atoms with van der Waals surface area (Å²) >= 11 is 0. The molecule has 0 aliphatic carbocycles. The average Bonchev–Trinajstić information content (AvgIpc) is 3.12. The van der Waals surface area contributed by atoms with Crippen LogP contribution in [-0.2, 0) is 30.2 Å². The summed E-state index contributed by atoms with van der Waals surface area (Å²) < 4.78 is 7.01. The number of hydrogen-bond donors (Lipinski definition) is 6. The van der Waals surface area contributed by atoms with Gasteiger partial charge in [0.25, 0.3) is 8.32 Å². The van der Waals surface area contributed by atoms with Crippen molar-refractivity contribution in [1.29, 1.82) is 0 Å². The summed E-state index contributed by atoms with van der Waals surface area (Å²) in [7, 11) is -1.27. The molecule has 0 aliphatic heterocycles. The molecule has 0 radical (unpaired) electrons. The van der Waals surface area contributed by atoms with Crippen LogP contribution in [-0.4, -0.2) is 81.6 Å². The highest BCUT2D eigenvalue weighted by Crippen LogP contribution is 2.37. The quantitative estimate of drug-likeness (QED) is 0.0848. The zero-order valence-corrected chi connectivity index (χ0v) is 32.6. The van der Waals surface area contributed by atoms with Crippen LogP contribution in [0.25, 0.3) is 0 Å². The van der Waals surface area contributed by atoms with Crippen molar-refractivity contribution in [2.75, 3.05) is 32.0 Å². The number of carbonyl (C=O) groups excluding carboxylic acids is 5. The third kappa shape index (κ3) is 12.3. The minimum absolute atomic E-state index is 0.163. The Kier molecular flexibility index (Phi) is 15.7. The number of nitrogens with one attached hydrogen (secondary N) is 4. The van der Waals surface area contributed by atoms with E-state index in [0.717, 1.165) is 5.56 Å². The molecule has 0 spiro atoms. The molecule has 0 bridgehead atoms. The molecule has 8 N–H and O–H groups in total. The van der Waals surface area contributed by atoms with Crippen molar-refractivity contribution in [3.8, 4) is 0 Å². The third-order valence-corrected chi connectivity index (χ3v) is 13.9. The highest BCUT2D eigenvalue weighted by molar-refractivity contribution is 6.99. The van der Waals surface area contributed by atoms with E-state index in [9.17, 15) is 24.0 Å². The largest absolute Gasteiger partial charge is 0.403 e. The van der Waals surface area contributed by atoms with E-state index >= 15 is 0 Å². The van der Waals surface area contributed by atoms with E-state index in [4.69, 9.17) is 15.9 Å². The summed E-state index contributed by atoms with van der Waals surface area (Å²) in [6.07, 6.45) is 0.501. The van der Waals surface area contributed by atoms with E-state index in [0.29, 0.717) is 18.7 Å². The molecule has 3 rings (SSSR count). The monoisotopic (exact) mass is 745 g/mol. The van der Waals surface area contributed by atoms with Crippen LogP contribution in [0, 0.1) is 5.92 Å². The molecule has 0 aliphatic rings. The Morgan fingerprint density at radius 2 is 1.40 bits per heavy atom. The lowest BCUT2D eigenvalue weighted by Crippen LogP contribution is -2.66. The van der Waals surface area contributed by atoms with Gasteiger partial charge in [-0.2, -0.15) is 0 Å². The topological polar surface area (TPSA) is 198 Å². The number of amides is 6. The molecule has 286 valence electrons. The van der Waals surface area contributed by atoms with Crippen LogP contribution < -0.4 is 43.1 Å². The first-order chi connectivity index (χ1) is 25.0. The van der Waals surface area contributed by atoms with Gasteiger partial charge in [0.15, 0.2) is 0 Å². The van der Waals surface area contributed by atoms with E-state index in [2.05, 4.69) is 66.3 Å².